The maximum Gasteiger partial charge on any atom is 0.294 e. The fourth-order valence-electron chi connectivity index (χ4n) is 0.789. The van der Waals surface area contributed by atoms with Crippen LogP contribution in [0.25, 0.3) is 0 Å². The second-order valence-electron chi connectivity index (χ2n) is 3.70. The molecule has 0 fully saturated rings. The van der Waals surface area contributed by atoms with Crippen molar-refractivity contribution < 1.29 is 9.28 Å². The van der Waals surface area contributed by atoms with E-state index in [1.54, 1.807) is 14.0 Å². The first-order chi connectivity index (χ1) is 4.75. The van der Waals surface area contributed by atoms with Crippen LogP contribution in [0.5, 0.6) is 0 Å². The molecule has 3 N–H and O–H groups in total. The number of quaternary nitrogens is 1. The molecule has 1 amide bonds. The highest BCUT2D eigenvalue weighted by Gasteiger charge is 2.42. The zero-order chi connectivity index (χ0) is 9.28. The molecule has 0 aromatic carbocycles. The van der Waals surface area contributed by atoms with E-state index in [-0.39, 0.29) is 5.91 Å². The highest BCUT2D eigenvalue weighted by Crippen LogP contribution is 2.12. The predicted molar refractivity (Wildman–Crippen MR) is 44.7 cm³/mol. The SMILES string of the molecule is CNC(C)(C(N)=O)[N+](C)(C)C. The Kier molecular flexibility index (Phi) is 2.64. The molecule has 0 heterocycles. The summed E-state index contributed by atoms with van der Waals surface area (Å²) in [4.78, 5) is 11.0. The Morgan fingerprint density at radius 1 is 1.45 bits per heavy atom. The van der Waals surface area contributed by atoms with Gasteiger partial charge in [0.05, 0.1) is 21.1 Å². The van der Waals surface area contributed by atoms with Crippen molar-refractivity contribution in [1.82, 2.24) is 5.32 Å². The van der Waals surface area contributed by atoms with Crippen LogP contribution < -0.4 is 11.1 Å². The molecule has 4 heteroatoms. The van der Waals surface area contributed by atoms with E-state index in [9.17, 15) is 4.79 Å². The molecule has 0 aliphatic heterocycles. The zero-order valence-corrected chi connectivity index (χ0v) is 7.93. The Morgan fingerprint density at radius 3 is 1.82 bits per heavy atom. The fraction of sp³-hybridized carbons (Fsp3) is 0.857. The van der Waals surface area contributed by atoms with E-state index in [2.05, 4.69) is 5.32 Å². The largest absolute Gasteiger partial charge is 0.363 e. The van der Waals surface area contributed by atoms with Gasteiger partial charge in [-0.05, 0) is 7.05 Å². The quantitative estimate of drug-likeness (QED) is 0.416. The summed E-state index contributed by atoms with van der Waals surface area (Å²) in [6, 6.07) is 0. The Labute approximate surface area is 67.9 Å². The maximum absolute atomic E-state index is 11.0. The number of nitrogens with zero attached hydrogens (tertiary/aromatic N) is 1. The molecule has 1 unspecified atom stereocenters. The number of carbonyl (C=O) groups excluding carboxylic acids is 1. The standard InChI is InChI=1S/C7H17N3O/c1-7(9-2,6(8)11)10(3,4)5/h9H,1-5H3,(H-,8,11)/p+1. The minimum Gasteiger partial charge on any atom is -0.363 e. The second-order valence-corrected chi connectivity index (χ2v) is 3.70. The molecular weight excluding hydrogens is 142 g/mol. The van der Waals surface area contributed by atoms with Crippen LogP contribution in [-0.4, -0.2) is 44.2 Å². The van der Waals surface area contributed by atoms with E-state index in [0.717, 1.165) is 0 Å². The number of carbonyl (C=O) groups is 1. The first-order valence-electron chi connectivity index (χ1n) is 3.56. The number of hydrogen-bond donors (Lipinski definition) is 2. The maximum atomic E-state index is 11.0. The first kappa shape index (κ1) is 10.4. The van der Waals surface area contributed by atoms with Crippen molar-refractivity contribution in [2.24, 2.45) is 5.73 Å². The van der Waals surface area contributed by atoms with Gasteiger partial charge in [0.2, 0.25) is 5.66 Å². The van der Waals surface area contributed by atoms with Crippen molar-refractivity contribution in [3.05, 3.63) is 0 Å². The first-order valence-corrected chi connectivity index (χ1v) is 3.56. The van der Waals surface area contributed by atoms with Gasteiger partial charge in [-0.15, -0.1) is 0 Å². The van der Waals surface area contributed by atoms with Crippen LogP contribution in [0, 0.1) is 0 Å². The normalized spacial score (nSPS) is 17.5. The third-order valence-electron chi connectivity index (χ3n) is 2.31. The molecule has 4 nitrogen and oxygen atoms in total. The second kappa shape index (κ2) is 2.79. The molecular formula is C7H18N3O+. The Balaban J connectivity index is 4.75. The molecule has 66 valence electrons. The fourth-order valence-corrected chi connectivity index (χ4v) is 0.789. The lowest BCUT2D eigenvalue weighted by molar-refractivity contribution is -0.914. The van der Waals surface area contributed by atoms with E-state index >= 15 is 0 Å². The van der Waals surface area contributed by atoms with Crippen molar-refractivity contribution in [3.63, 3.8) is 0 Å². The number of amides is 1. The highest BCUT2D eigenvalue weighted by atomic mass is 16.2. The van der Waals surface area contributed by atoms with Crippen molar-refractivity contribution in [1.29, 1.82) is 0 Å². The third-order valence-corrected chi connectivity index (χ3v) is 2.31. The Bertz CT molecular complexity index is 162. The molecule has 0 aliphatic carbocycles. The van der Waals surface area contributed by atoms with Gasteiger partial charge in [0.15, 0.2) is 0 Å². The minimum atomic E-state index is -0.694. The van der Waals surface area contributed by atoms with Crippen LogP contribution in [-0.2, 0) is 4.79 Å². The molecule has 0 aromatic rings. The van der Waals surface area contributed by atoms with Gasteiger partial charge in [0.1, 0.15) is 0 Å². The highest BCUT2D eigenvalue weighted by molar-refractivity contribution is 5.82. The summed E-state index contributed by atoms with van der Waals surface area (Å²) >= 11 is 0. The van der Waals surface area contributed by atoms with Gasteiger partial charge in [-0.3, -0.25) is 10.1 Å². The van der Waals surface area contributed by atoms with Crippen LogP contribution in [0.4, 0.5) is 0 Å². The van der Waals surface area contributed by atoms with Gasteiger partial charge in [0.25, 0.3) is 5.91 Å². The molecule has 1 atom stereocenters. The lowest BCUT2D eigenvalue weighted by Gasteiger charge is -2.40. The monoisotopic (exact) mass is 160 g/mol. The zero-order valence-electron chi connectivity index (χ0n) is 7.93. The van der Waals surface area contributed by atoms with Gasteiger partial charge >= 0.3 is 0 Å². The molecule has 0 aromatic heterocycles. The van der Waals surface area contributed by atoms with E-state index in [4.69, 9.17) is 5.73 Å². The van der Waals surface area contributed by atoms with Gasteiger partial charge < -0.3 is 10.2 Å². The smallest absolute Gasteiger partial charge is 0.294 e. The molecule has 0 aliphatic rings. The lowest BCUT2D eigenvalue weighted by Crippen LogP contribution is -2.69. The van der Waals surface area contributed by atoms with Crippen molar-refractivity contribution in [2.45, 2.75) is 12.6 Å². The minimum absolute atomic E-state index is 0.340. The molecule has 0 saturated heterocycles. The Hall–Kier alpha value is -0.610. The van der Waals surface area contributed by atoms with E-state index in [1.807, 2.05) is 21.1 Å². The average Bonchev–Trinajstić information content (AvgIpc) is 1.83. The molecule has 0 rings (SSSR count). The molecule has 11 heavy (non-hydrogen) atoms. The van der Waals surface area contributed by atoms with E-state index in [0.29, 0.717) is 4.48 Å². The van der Waals surface area contributed by atoms with Crippen molar-refractivity contribution in [2.75, 3.05) is 28.2 Å². The van der Waals surface area contributed by atoms with Crippen molar-refractivity contribution >= 4 is 5.91 Å². The molecule has 0 spiro atoms. The summed E-state index contributed by atoms with van der Waals surface area (Å²) in [6.07, 6.45) is 0. The summed E-state index contributed by atoms with van der Waals surface area (Å²) in [7, 11) is 7.48. The van der Waals surface area contributed by atoms with Crippen LogP contribution in [0.1, 0.15) is 6.92 Å². The lowest BCUT2D eigenvalue weighted by atomic mass is 10.1. The number of likely N-dealkylation sites (N-methyl/N-ethyl adjacent to an activating group) is 2. The summed E-state index contributed by atoms with van der Waals surface area (Å²) < 4.78 is 0.471. The number of nitrogens with one attached hydrogen (secondary N) is 1. The average molecular weight is 160 g/mol. The number of primary amides is 1. The molecule has 0 saturated carbocycles. The summed E-state index contributed by atoms with van der Waals surface area (Å²) in [5, 5.41) is 2.92. The van der Waals surface area contributed by atoms with Gasteiger partial charge in [-0.2, -0.15) is 0 Å². The summed E-state index contributed by atoms with van der Waals surface area (Å²) in [5.74, 6) is -0.340. The topological polar surface area (TPSA) is 55.1 Å². The molecule has 0 bridgehead atoms. The van der Waals surface area contributed by atoms with Crippen LogP contribution in [0.15, 0.2) is 0 Å². The van der Waals surface area contributed by atoms with E-state index in [1.165, 1.54) is 0 Å². The van der Waals surface area contributed by atoms with Crippen LogP contribution in [0.2, 0.25) is 0 Å². The summed E-state index contributed by atoms with van der Waals surface area (Å²) in [6.45, 7) is 1.79. The van der Waals surface area contributed by atoms with Gasteiger partial charge in [-0.25, -0.2) is 0 Å². The van der Waals surface area contributed by atoms with Crippen LogP contribution >= 0.6 is 0 Å². The number of rotatable bonds is 3. The predicted octanol–water partition coefficient (Wildman–Crippen LogP) is -0.886. The van der Waals surface area contributed by atoms with E-state index < -0.39 is 5.66 Å². The third kappa shape index (κ3) is 1.70. The Morgan fingerprint density at radius 2 is 1.82 bits per heavy atom. The number of hydrogen-bond acceptors (Lipinski definition) is 2. The van der Waals surface area contributed by atoms with Crippen molar-refractivity contribution in [3.8, 4) is 0 Å². The van der Waals surface area contributed by atoms with Gasteiger partial charge in [-0.1, -0.05) is 0 Å². The summed E-state index contributed by atoms with van der Waals surface area (Å²) in [5.41, 5.74) is 4.56. The number of nitrogens with two attached hydrogens (primary N) is 1. The van der Waals surface area contributed by atoms with Crippen LogP contribution in [0.3, 0.4) is 0 Å². The van der Waals surface area contributed by atoms with Gasteiger partial charge in [0, 0.05) is 6.92 Å². The molecule has 0 radical (unpaired) electrons.